The van der Waals surface area contributed by atoms with Crippen LogP contribution in [-0.2, 0) is 9.53 Å². The monoisotopic (exact) mass is 375 g/mol. The van der Waals surface area contributed by atoms with Gasteiger partial charge in [-0.05, 0) is 49.9 Å². The Morgan fingerprint density at radius 2 is 1.89 bits per heavy atom. The molecule has 0 aromatic heterocycles. The van der Waals surface area contributed by atoms with Crippen LogP contribution in [0.5, 0.6) is 0 Å². The second kappa shape index (κ2) is 9.68. The number of urea groups is 1. The fraction of sp³-hybridized carbons (Fsp3) is 0.579. The molecule has 5 N–H and O–H groups in total. The molecule has 2 aliphatic heterocycles. The zero-order chi connectivity index (χ0) is 19.1. The minimum absolute atomic E-state index is 0.0591. The van der Waals surface area contributed by atoms with Gasteiger partial charge in [0.2, 0.25) is 5.91 Å². The van der Waals surface area contributed by atoms with Gasteiger partial charge in [-0.25, -0.2) is 10.2 Å². The minimum atomic E-state index is -0.259. The summed E-state index contributed by atoms with van der Waals surface area (Å²) in [5.74, 6) is -0.0591. The van der Waals surface area contributed by atoms with Gasteiger partial charge in [0, 0.05) is 30.6 Å². The van der Waals surface area contributed by atoms with Gasteiger partial charge < -0.3 is 20.7 Å². The van der Waals surface area contributed by atoms with E-state index in [0.29, 0.717) is 24.0 Å². The molecule has 8 heteroatoms. The summed E-state index contributed by atoms with van der Waals surface area (Å²) < 4.78 is 5.48. The molecule has 27 heavy (non-hydrogen) atoms. The Morgan fingerprint density at radius 1 is 1.15 bits per heavy atom. The van der Waals surface area contributed by atoms with Crippen molar-refractivity contribution in [2.45, 2.75) is 57.2 Å². The zero-order valence-corrected chi connectivity index (χ0v) is 15.7. The highest BCUT2D eigenvalue weighted by Crippen LogP contribution is 2.16. The number of ether oxygens (including phenoxy) is 1. The third-order valence-corrected chi connectivity index (χ3v) is 4.86. The smallest absolute Gasteiger partial charge is 0.319 e. The SMILES string of the molecule is CCCC1CC(C(=O)Nc2ccc(NC(=O)NCC3CCCO3)cc2)NN1. The molecule has 2 heterocycles. The molecule has 0 aliphatic carbocycles. The summed E-state index contributed by atoms with van der Waals surface area (Å²) >= 11 is 0. The Kier molecular flexibility index (Phi) is 7.03. The molecule has 0 radical (unpaired) electrons. The number of amides is 3. The van der Waals surface area contributed by atoms with Gasteiger partial charge in [0.1, 0.15) is 6.04 Å². The van der Waals surface area contributed by atoms with Crippen molar-refractivity contribution in [1.82, 2.24) is 16.2 Å². The van der Waals surface area contributed by atoms with E-state index < -0.39 is 0 Å². The second-order valence-electron chi connectivity index (χ2n) is 7.10. The van der Waals surface area contributed by atoms with Crippen LogP contribution in [0.2, 0.25) is 0 Å². The normalized spacial score (nSPS) is 24.6. The quantitative estimate of drug-likeness (QED) is 0.501. The highest BCUT2D eigenvalue weighted by Gasteiger charge is 2.28. The third-order valence-electron chi connectivity index (χ3n) is 4.86. The number of hydrogen-bond acceptors (Lipinski definition) is 5. The average Bonchev–Trinajstić information content (AvgIpc) is 3.34. The van der Waals surface area contributed by atoms with Gasteiger partial charge in [0.25, 0.3) is 0 Å². The Hall–Kier alpha value is -2.16. The lowest BCUT2D eigenvalue weighted by molar-refractivity contribution is -0.117. The number of carbonyl (C=O) groups excluding carboxylic acids is 2. The average molecular weight is 375 g/mol. The van der Waals surface area contributed by atoms with E-state index in [1.54, 1.807) is 24.3 Å². The molecule has 2 fully saturated rings. The molecule has 2 aliphatic rings. The molecule has 0 bridgehead atoms. The van der Waals surface area contributed by atoms with Crippen molar-refractivity contribution in [3.8, 4) is 0 Å². The van der Waals surface area contributed by atoms with E-state index in [9.17, 15) is 9.59 Å². The van der Waals surface area contributed by atoms with Gasteiger partial charge in [-0.2, -0.15) is 0 Å². The van der Waals surface area contributed by atoms with Crippen LogP contribution in [0.4, 0.5) is 16.2 Å². The Labute approximate surface area is 159 Å². The fourth-order valence-electron chi connectivity index (χ4n) is 3.39. The summed E-state index contributed by atoms with van der Waals surface area (Å²) in [4.78, 5) is 24.3. The molecule has 1 aromatic carbocycles. The summed E-state index contributed by atoms with van der Waals surface area (Å²) in [7, 11) is 0. The van der Waals surface area contributed by atoms with E-state index in [0.717, 1.165) is 38.7 Å². The highest BCUT2D eigenvalue weighted by atomic mass is 16.5. The van der Waals surface area contributed by atoms with Crippen molar-refractivity contribution in [2.24, 2.45) is 0 Å². The number of rotatable bonds is 7. The predicted molar refractivity (Wildman–Crippen MR) is 104 cm³/mol. The van der Waals surface area contributed by atoms with Gasteiger partial charge in [0.15, 0.2) is 0 Å². The molecule has 3 rings (SSSR count). The van der Waals surface area contributed by atoms with E-state index in [1.807, 2.05) is 0 Å². The highest BCUT2D eigenvalue weighted by molar-refractivity contribution is 5.95. The number of benzene rings is 1. The molecule has 1 aromatic rings. The van der Waals surface area contributed by atoms with E-state index in [1.165, 1.54) is 0 Å². The molecule has 3 amide bonds. The summed E-state index contributed by atoms with van der Waals surface area (Å²) in [6, 6.07) is 6.93. The first kappa shape index (κ1) is 19.6. The first-order chi connectivity index (χ1) is 13.1. The van der Waals surface area contributed by atoms with Crippen LogP contribution in [0, 0.1) is 0 Å². The number of carbonyl (C=O) groups is 2. The number of nitrogens with one attached hydrogen (secondary N) is 5. The Bertz CT molecular complexity index is 631. The topological polar surface area (TPSA) is 104 Å². The number of anilines is 2. The van der Waals surface area contributed by atoms with Crippen LogP contribution in [0.25, 0.3) is 0 Å². The van der Waals surface area contributed by atoms with Crippen molar-refractivity contribution < 1.29 is 14.3 Å². The minimum Gasteiger partial charge on any atom is -0.376 e. The van der Waals surface area contributed by atoms with Gasteiger partial charge in [-0.15, -0.1) is 0 Å². The molecular formula is C19H29N5O3. The summed E-state index contributed by atoms with van der Waals surface area (Å²) in [5.41, 5.74) is 7.58. The van der Waals surface area contributed by atoms with Crippen molar-refractivity contribution in [1.29, 1.82) is 0 Å². The third kappa shape index (κ3) is 5.92. The van der Waals surface area contributed by atoms with Crippen molar-refractivity contribution in [3.05, 3.63) is 24.3 Å². The molecule has 2 saturated heterocycles. The second-order valence-corrected chi connectivity index (χ2v) is 7.10. The molecule has 3 unspecified atom stereocenters. The van der Waals surface area contributed by atoms with E-state index in [-0.39, 0.29) is 24.1 Å². The van der Waals surface area contributed by atoms with E-state index >= 15 is 0 Å². The van der Waals surface area contributed by atoms with Crippen molar-refractivity contribution in [2.75, 3.05) is 23.8 Å². The summed E-state index contributed by atoms with van der Waals surface area (Å²) in [6.45, 7) is 3.42. The maximum atomic E-state index is 12.3. The predicted octanol–water partition coefficient (Wildman–Crippen LogP) is 1.96. The standard InChI is InChI=1S/C19H29N5O3/c1-2-4-15-11-17(24-23-15)18(25)21-13-6-8-14(9-7-13)22-19(26)20-12-16-5-3-10-27-16/h6-9,15-17,23-24H,2-5,10-12H2,1H3,(H,21,25)(H2,20,22,26). The van der Waals surface area contributed by atoms with Gasteiger partial charge in [0.05, 0.1) is 6.10 Å². The van der Waals surface area contributed by atoms with Crippen LogP contribution >= 0.6 is 0 Å². The summed E-state index contributed by atoms with van der Waals surface area (Å²) in [6.07, 6.45) is 5.06. The molecular weight excluding hydrogens is 346 g/mol. The first-order valence-corrected chi connectivity index (χ1v) is 9.72. The molecule has 148 valence electrons. The lowest BCUT2D eigenvalue weighted by Gasteiger charge is -2.13. The van der Waals surface area contributed by atoms with Crippen LogP contribution in [-0.4, -0.2) is 43.3 Å². The van der Waals surface area contributed by atoms with Crippen LogP contribution in [0.1, 0.15) is 39.0 Å². The number of hydrazine groups is 1. The molecule has 0 saturated carbocycles. The van der Waals surface area contributed by atoms with Crippen LogP contribution in [0.15, 0.2) is 24.3 Å². The summed E-state index contributed by atoms with van der Waals surface area (Å²) in [5, 5.41) is 8.50. The van der Waals surface area contributed by atoms with E-state index in [2.05, 4.69) is 33.7 Å². The van der Waals surface area contributed by atoms with Gasteiger partial charge >= 0.3 is 6.03 Å². The largest absolute Gasteiger partial charge is 0.376 e. The lowest BCUT2D eigenvalue weighted by atomic mass is 10.1. The molecule has 0 spiro atoms. The van der Waals surface area contributed by atoms with Crippen molar-refractivity contribution >= 4 is 23.3 Å². The lowest BCUT2D eigenvalue weighted by Crippen LogP contribution is -2.40. The van der Waals surface area contributed by atoms with Crippen LogP contribution in [0.3, 0.4) is 0 Å². The first-order valence-electron chi connectivity index (χ1n) is 9.72. The zero-order valence-electron chi connectivity index (χ0n) is 15.7. The van der Waals surface area contributed by atoms with E-state index in [4.69, 9.17) is 4.74 Å². The maximum Gasteiger partial charge on any atom is 0.319 e. The Morgan fingerprint density at radius 3 is 2.56 bits per heavy atom. The van der Waals surface area contributed by atoms with Gasteiger partial charge in [-0.1, -0.05) is 13.3 Å². The molecule has 3 atom stereocenters. The molecule has 8 nitrogen and oxygen atoms in total. The maximum absolute atomic E-state index is 12.3. The van der Waals surface area contributed by atoms with Crippen LogP contribution < -0.4 is 26.8 Å². The van der Waals surface area contributed by atoms with Gasteiger partial charge in [-0.3, -0.25) is 10.2 Å². The number of hydrogen-bond donors (Lipinski definition) is 5. The Balaban J connectivity index is 1.41. The fourth-order valence-corrected chi connectivity index (χ4v) is 3.39. The van der Waals surface area contributed by atoms with Crippen molar-refractivity contribution in [3.63, 3.8) is 0 Å².